The number of aromatic nitrogens is 2. The molecule has 0 unspecified atom stereocenters. The van der Waals surface area contributed by atoms with Crippen molar-refractivity contribution in [3.05, 3.63) is 30.2 Å². The predicted molar refractivity (Wildman–Crippen MR) is 74.0 cm³/mol. The number of hydrogen-bond acceptors (Lipinski definition) is 5. The molecule has 0 aliphatic carbocycles. The maximum Gasteiger partial charge on any atom is 0.249 e. The number of carbonyl (C=O) groups is 1. The molecule has 0 spiro atoms. The second-order valence-corrected chi connectivity index (χ2v) is 4.40. The van der Waals surface area contributed by atoms with Crippen molar-refractivity contribution < 1.29 is 14.3 Å². The Labute approximate surface area is 116 Å². The van der Waals surface area contributed by atoms with Crippen LogP contribution in [0.5, 0.6) is 0 Å². The second-order valence-electron chi connectivity index (χ2n) is 4.40. The molecule has 0 saturated carbocycles. The Kier molecular flexibility index (Phi) is 4.84. The molecular weight excluding hydrogens is 258 g/mol. The molecule has 0 radical (unpaired) electrons. The Morgan fingerprint density at radius 2 is 2.10 bits per heavy atom. The average molecular weight is 275 g/mol. The van der Waals surface area contributed by atoms with E-state index in [1.165, 1.54) is 0 Å². The van der Waals surface area contributed by atoms with Gasteiger partial charge in [0.15, 0.2) is 0 Å². The van der Waals surface area contributed by atoms with Crippen LogP contribution in [0.2, 0.25) is 0 Å². The zero-order chi connectivity index (χ0) is 14.4. The van der Waals surface area contributed by atoms with Gasteiger partial charge in [0, 0.05) is 20.0 Å². The number of unbranched alkanes of at least 4 members (excludes halogenated alkanes) is 1. The number of rotatable bonds is 6. The van der Waals surface area contributed by atoms with Gasteiger partial charge in [0.1, 0.15) is 0 Å². The first-order chi connectivity index (χ1) is 9.70. The summed E-state index contributed by atoms with van der Waals surface area (Å²) in [5.74, 6) is 0.764. The van der Waals surface area contributed by atoms with Crippen LogP contribution in [-0.2, 0) is 4.79 Å². The van der Waals surface area contributed by atoms with Crippen molar-refractivity contribution in [2.75, 3.05) is 11.9 Å². The standard InChI is InChI=1S/C14H17N3O3/c1-10-16-17-14(20-10)11-6-2-3-7-12(11)15-13(19)8-4-5-9-18/h2-3,6-7,18H,4-5,8-9H2,1H3,(H,15,19). The third kappa shape index (κ3) is 3.64. The van der Waals surface area contributed by atoms with E-state index >= 15 is 0 Å². The Hall–Kier alpha value is -2.21. The van der Waals surface area contributed by atoms with Crippen LogP contribution in [0, 0.1) is 6.92 Å². The fraction of sp³-hybridized carbons (Fsp3) is 0.357. The van der Waals surface area contributed by atoms with Crippen molar-refractivity contribution in [2.45, 2.75) is 26.2 Å². The minimum atomic E-state index is -0.0952. The number of nitrogens with zero attached hydrogens (tertiary/aromatic N) is 2. The minimum Gasteiger partial charge on any atom is -0.421 e. The lowest BCUT2D eigenvalue weighted by Gasteiger charge is -2.08. The number of anilines is 1. The van der Waals surface area contributed by atoms with E-state index in [1.807, 2.05) is 18.2 Å². The van der Waals surface area contributed by atoms with E-state index in [1.54, 1.807) is 13.0 Å². The fourth-order valence-corrected chi connectivity index (χ4v) is 1.79. The molecule has 1 aromatic heterocycles. The molecular formula is C14H17N3O3. The number of para-hydroxylation sites is 1. The molecule has 20 heavy (non-hydrogen) atoms. The van der Waals surface area contributed by atoms with Gasteiger partial charge >= 0.3 is 0 Å². The molecule has 1 aromatic carbocycles. The van der Waals surface area contributed by atoms with Gasteiger partial charge in [-0.15, -0.1) is 10.2 Å². The van der Waals surface area contributed by atoms with Crippen molar-refractivity contribution in [3.63, 3.8) is 0 Å². The Morgan fingerprint density at radius 1 is 1.30 bits per heavy atom. The van der Waals surface area contributed by atoms with Gasteiger partial charge in [0.25, 0.3) is 0 Å². The summed E-state index contributed by atoms with van der Waals surface area (Å²) >= 11 is 0. The molecule has 6 heteroatoms. The number of carbonyl (C=O) groups excluding carboxylic acids is 1. The first-order valence-electron chi connectivity index (χ1n) is 6.51. The summed E-state index contributed by atoms with van der Waals surface area (Å²) in [6, 6.07) is 7.28. The highest BCUT2D eigenvalue weighted by molar-refractivity contribution is 5.94. The van der Waals surface area contributed by atoms with E-state index in [0.29, 0.717) is 42.3 Å². The van der Waals surface area contributed by atoms with Gasteiger partial charge in [0.05, 0.1) is 11.3 Å². The summed E-state index contributed by atoms with van der Waals surface area (Å²) in [7, 11) is 0. The number of nitrogens with one attached hydrogen (secondary N) is 1. The van der Waals surface area contributed by atoms with Crippen LogP contribution in [0.25, 0.3) is 11.5 Å². The summed E-state index contributed by atoms with van der Waals surface area (Å²) in [4.78, 5) is 11.8. The summed E-state index contributed by atoms with van der Waals surface area (Å²) < 4.78 is 5.38. The van der Waals surface area contributed by atoms with Gasteiger partial charge in [-0.1, -0.05) is 12.1 Å². The summed E-state index contributed by atoms with van der Waals surface area (Å²) in [5, 5.41) is 19.3. The van der Waals surface area contributed by atoms with Gasteiger partial charge in [0.2, 0.25) is 17.7 Å². The highest BCUT2D eigenvalue weighted by atomic mass is 16.4. The van der Waals surface area contributed by atoms with Crippen molar-refractivity contribution in [3.8, 4) is 11.5 Å². The molecule has 0 aliphatic heterocycles. The highest BCUT2D eigenvalue weighted by Crippen LogP contribution is 2.26. The monoisotopic (exact) mass is 275 g/mol. The smallest absolute Gasteiger partial charge is 0.249 e. The molecule has 1 amide bonds. The van der Waals surface area contributed by atoms with Crippen LogP contribution in [0.1, 0.15) is 25.2 Å². The quantitative estimate of drug-likeness (QED) is 0.788. The molecule has 6 nitrogen and oxygen atoms in total. The van der Waals surface area contributed by atoms with Crippen LogP contribution in [0.15, 0.2) is 28.7 Å². The summed E-state index contributed by atoms with van der Waals surface area (Å²) in [6.45, 7) is 1.82. The number of amides is 1. The third-order valence-corrected chi connectivity index (χ3v) is 2.77. The molecule has 2 N–H and O–H groups in total. The number of benzene rings is 1. The third-order valence-electron chi connectivity index (χ3n) is 2.77. The van der Waals surface area contributed by atoms with Crippen molar-refractivity contribution in [1.82, 2.24) is 10.2 Å². The topological polar surface area (TPSA) is 88.2 Å². The van der Waals surface area contributed by atoms with Crippen LogP contribution < -0.4 is 5.32 Å². The molecule has 0 atom stereocenters. The maximum atomic E-state index is 11.8. The zero-order valence-corrected chi connectivity index (χ0v) is 11.3. The summed E-state index contributed by atoms with van der Waals surface area (Å²) in [6.07, 6.45) is 1.65. The van der Waals surface area contributed by atoms with Crippen LogP contribution >= 0.6 is 0 Å². The van der Waals surface area contributed by atoms with E-state index in [-0.39, 0.29) is 12.5 Å². The normalized spacial score (nSPS) is 10.5. The largest absolute Gasteiger partial charge is 0.421 e. The van der Waals surface area contributed by atoms with Crippen LogP contribution in [0.4, 0.5) is 5.69 Å². The van der Waals surface area contributed by atoms with Gasteiger partial charge in [-0.25, -0.2) is 0 Å². The molecule has 0 saturated heterocycles. The average Bonchev–Trinajstić information content (AvgIpc) is 2.86. The van der Waals surface area contributed by atoms with E-state index in [4.69, 9.17) is 9.52 Å². The van der Waals surface area contributed by atoms with Gasteiger partial charge in [-0.2, -0.15) is 0 Å². The number of aryl methyl sites for hydroxylation is 1. The van der Waals surface area contributed by atoms with Crippen LogP contribution in [-0.4, -0.2) is 27.8 Å². The van der Waals surface area contributed by atoms with Gasteiger partial charge in [-0.3, -0.25) is 4.79 Å². The van der Waals surface area contributed by atoms with Crippen molar-refractivity contribution >= 4 is 11.6 Å². The molecule has 106 valence electrons. The molecule has 2 aromatic rings. The molecule has 0 bridgehead atoms. The van der Waals surface area contributed by atoms with Gasteiger partial charge < -0.3 is 14.8 Å². The fourth-order valence-electron chi connectivity index (χ4n) is 1.79. The SMILES string of the molecule is Cc1nnc(-c2ccccc2NC(=O)CCCCO)o1. The molecule has 0 fully saturated rings. The Bertz CT molecular complexity index is 581. The van der Waals surface area contributed by atoms with Crippen molar-refractivity contribution in [1.29, 1.82) is 0 Å². The van der Waals surface area contributed by atoms with E-state index in [2.05, 4.69) is 15.5 Å². The van der Waals surface area contributed by atoms with Crippen LogP contribution in [0.3, 0.4) is 0 Å². The molecule has 1 heterocycles. The van der Waals surface area contributed by atoms with Gasteiger partial charge in [-0.05, 0) is 25.0 Å². The van der Waals surface area contributed by atoms with E-state index in [9.17, 15) is 4.79 Å². The number of aliphatic hydroxyl groups excluding tert-OH is 1. The van der Waals surface area contributed by atoms with Crippen molar-refractivity contribution in [2.24, 2.45) is 0 Å². The number of hydrogen-bond donors (Lipinski definition) is 2. The molecule has 2 rings (SSSR count). The molecule has 0 aliphatic rings. The Morgan fingerprint density at radius 3 is 2.80 bits per heavy atom. The van der Waals surface area contributed by atoms with E-state index in [0.717, 1.165) is 0 Å². The predicted octanol–water partition coefficient (Wildman–Crippen LogP) is 2.15. The maximum absolute atomic E-state index is 11.8. The number of aliphatic hydroxyl groups is 1. The zero-order valence-electron chi connectivity index (χ0n) is 11.3. The second kappa shape index (κ2) is 6.81. The van der Waals surface area contributed by atoms with E-state index < -0.39 is 0 Å². The lowest BCUT2D eigenvalue weighted by Crippen LogP contribution is -2.12. The Balaban J connectivity index is 2.10. The first-order valence-corrected chi connectivity index (χ1v) is 6.51. The minimum absolute atomic E-state index is 0.0952. The lowest BCUT2D eigenvalue weighted by molar-refractivity contribution is -0.116. The first kappa shape index (κ1) is 14.2. The summed E-state index contributed by atoms with van der Waals surface area (Å²) in [5.41, 5.74) is 1.34. The highest BCUT2D eigenvalue weighted by Gasteiger charge is 2.12. The lowest BCUT2D eigenvalue weighted by atomic mass is 10.1.